The number of benzene rings is 1. The first-order valence-corrected chi connectivity index (χ1v) is 5.30. The van der Waals surface area contributed by atoms with Crippen LogP contribution < -0.4 is 5.32 Å². The Kier molecular flexibility index (Phi) is 2.78. The molecule has 0 fully saturated rings. The van der Waals surface area contributed by atoms with E-state index in [1.54, 1.807) is 25.1 Å². The molecule has 1 unspecified atom stereocenters. The molecule has 84 valence electrons. The molecule has 16 heavy (non-hydrogen) atoms. The van der Waals surface area contributed by atoms with Gasteiger partial charge in [-0.05, 0) is 18.3 Å². The number of nitrogens with one attached hydrogen (secondary N) is 1. The molecule has 1 aromatic carbocycles. The molecule has 4 nitrogen and oxygen atoms in total. The zero-order valence-corrected chi connectivity index (χ0v) is 9.88. The second-order valence-corrected chi connectivity index (χ2v) is 3.90. The summed E-state index contributed by atoms with van der Waals surface area (Å²) in [6.45, 7) is 0. The standard InChI is InChI=1S/C11H12N2O2S/c1-12-11(16)13(2)9-7-5-3-4-6-8(7)10(14)15-9/h3-6,9H,1-2H3,(H,12,16). The van der Waals surface area contributed by atoms with Gasteiger partial charge in [-0.15, -0.1) is 0 Å². The number of rotatable bonds is 1. The molecule has 1 heterocycles. The van der Waals surface area contributed by atoms with Crippen LogP contribution in [0.25, 0.3) is 0 Å². The SMILES string of the molecule is CNC(=S)N(C)C1OC(=O)c2ccccc21. The Labute approximate surface area is 99.2 Å². The number of carbonyl (C=O) groups excluding carboxylic acids is 1. The van der Waals surface area contributed by atoms with Gasteiger partial charge >= 0.3 is 5.97 Å². The fourth-order valence-corrected chi connectivity index (χ4v) is 1.79. The summed E-state index contributed by atoms with van der Waals surface area (Å²) in [5, 5.41) is 3.39. The highest BCUT2D eigenvalue weighted by Crippen LogP contribution is 2.32. The molecule has 0 aromatic heterocycles. The molecule has 1 N–H and O–H groups in total. The number of nitrogens with zero attached hydrogens (tertiary/aromatic N) is 1. The summed E-state index contributed by atoms with van der Waals surface area (Å²) < 4.78 is 5.28. The third kappa shape index (κ3) is 1.63. The van der Waals surface area contributed by atoms with Gasteiger partial charge in [0.15, 0.2) is 5.11 Å². The second-order valence-electron chi connectivity index (χ2n) is 3.51. The van der Waals surface area contributed by atoms with E-state index >= 15 is 0 Å². The number of carbonyl (C=O) groups is 1. The first kappa shape index (κ1) is 10.9. The maximum atomic E-state index is 11.6. The van der Waals surface area contributed by atoms with Crippen molar-refractivity contribution in [3.8, 4) is 0 Å². The maximum Gasteiger partial charge on any atom is 0.340 e. The van der Waals surface area contributed by atoms with Crippen molar-refractivity contribution in [1.29, 1.82) is 0 Å². The van der Waals surface area contributed by atoms with Crippen LogP contribution in [0.15, 0.2) is 24.3 Å². The normalized spacial score (nSPS) is 17.6. The Hall–Kier alpha value is -1.62. The number of cyclic esters (lactones) is 1. The predicted octanol–water partition coefficient (Wildman–Crippen LogP) is 1.29. The van der Waals surface area contributed by atoms with E-state index in [1.165, 1.54) is 0 Å². The van der Waals surface area contributed by atoms with E-state index < -0.39 is 6.23 Å². The Morgan fingerprint density at radius 2 is 2.19 bits per heavy atom. The van der Waals surface area contributed by atoms with Crippen molar-refractivity contribution in [1.82, 2.24) is 10.2 Å². The van der Waals surface area contributed by atoms with Crippen LogP contribution in [-0.2, 0) is 4.74 Å². The molecular formula is C11H12N2O2S. The maximum absolute atomic E-state index is 11.6. The topological polar surface area (TPSA) is 41.6 Å². The molecule has 0 saturated carbocycles. The van der Waals surface area contributed by atoms with Gasteiger partial charge < -0.3 is 15.0 Å². The van der Waals surface area contributed by atoms with Crippen LogP contribution in [-0.4, -0.2) is 30.1 Å². The zero-order valence-electron chi connectivity index (χ0n) is 9.06. The number of hydrogen-bond acceptors (Lipinski definition) is 3. The third-order valence-corrected chi connectivity index (χ3v) is 3.04. The molecule has 1 aliphatic rings. The lowest BCUT2D eigenvalue weighted by Crippen LogP contribution is -2.37. The van der Waals surface area contributed by atoms with Gasteiger partial charge in [0.05, 0.1) is 5.56 Å². The van der Waals surface area contributed by atoms with Crippen LogP contribution in [0.1, 0.15) is 22.1 Å². The van der Waals surface area contributed by atoms with E-state index in [2.05, 4.69) is 5.32 Å². The summed E-state index contributed by atoms with van der Waals surface area (Å²) in [5.41, 5.74) is 1.46. The van der Waals surface area contributed by atoms with Gasteiger partial charge in [0.25, 0.3) is 0 Å². The number of thiocarbonyl (C=S) groups is 1. The largest absolute Gasteiger partial charge is 0.433 e. The zero-order chi connectivity index (χ0) is 11.7. The van der Waals surface area contributed by atoms with Crippen molar-refractivity contribution >= 4 is 23.3 Å². The third-order valence-electron chi connectivity index (χ3n) is 2.55. The molecule has 1 atom stereocenters. The average Bonchev–Trinajstić information content (AvgIpc) is 2.65. The minimum absolute atomic E-state index is 0.300. The van der Waals surface area contributed by atoms with Crippen molar-refractivity contribution in [3.63, 3.8) is 0 Å². The summed E-state index contributed by atoms with van der Waals surface area (Å²) in [5.74, 6) is -0.300. The molecule has 1 aliphatic heterocycles. The summed E-state index contributed by atoms with van der Waals surface area (Å²) in [7, 11) is 3.53. The Bertz CT molecular complexity index is 447. The van der Waals surface area contributed by atoms with Gasteiger partial charge in [0.1, 0.15) is 0 Å². The van der Waals surface area contributed by atoms with E-state index in [-0.39, 0.29) is 5.97 Å². The van der Waals surface area contributed by atoms with E-state index in [9.17, 15) is 4.79 Å². The van der Waals surface area contributed by atoms with Crippen LogP contribution in [0.2, 0.25) is 0 Å². The minimum Gasteiger partial charge on any atom is -0.433 e. The van der Waals surface area contributed by atoms with Gasteiger partial charge in [-0.2, -0.15) is 0 Å². The fourth-order valence-electron chi connectivity index (χ4n) is 1.70. The molecule has 0 saturated heterocycles. The van der Waals surface area contributed by atoms with Crippen molar-refractivity contribution in [3.05, 3.63) is 35.4 Å². The highest BCUT2D eigenvalue weighted by Gasteiger charge is 2.34. The molecule has 1 aromatic rings. The van der Waals surface area contributed by atoms with Crippen LogP contribution in [0.5, 0.6) is 0 Å². The van der Waals surface area contributed by atoms with E-state index in [4.69, 9.17) is 17.0 Å². The lowest BCUT2D eigenvalue weighted by molar-refractivity contribution is 0.00925. The molecule has 2 rings (SSSR count). The highest BCUT2D eigenvalue weighted by atomic mass is 32.1. The summed E-state index contributed by atoms with van der Waals surface area (Å²) in [6.07, 6.45) is -0.427. The number of esters is 1. The molecular weight excluding hydrogens is 224 g/mol. The lowest BCUT2D eigenvalue weighted by Gasteiger charge is -2.25. The summed E-state index contributed by atoms with van der Waals surface area (Å²) in [4.78, 5) is 13.3. The monoisotopic (exact) mass is 236 g/mol. The van der Waals surface area contributed by atoms with Crippen LogP contribution >= 0.6 is 12.2 Å². The van der Waals surface area contributed by atoms with Gasteiger partial charge in [-0.1, -0.05) is 18.2 Å². The predicted molar refractivity (Wildman–Crippen MR) is 64.0 cm³/mol. The number of ether oxygens (including phenoxy) is 1. The van der Waals surface area contributed by atoms with E-state index in [1.807, 2.05) is 18.2 Å². The highest BCUT2D eigenvalue weighted by molar-refractivity contribution is 7.80. The minimum atomic E-state index is -0.427. The molecule has 0 spiro atoms. The Morgan fingerprint density at radius 1 is 1.50 bits per heavy atom. The number of hydrogen-bond donors (Lipinski definition) is 1. The summed E-state index contributed by atoms with van der Waals surface area (Å²) >= 11 is 5.11. The van der Waals surface area contributed by atoms with Crippen molar-refractivity contribution < 1.29 is 9.53 Å². The van der Waals surface area contributed by atoms with Gasteiger partial charge in [0, 0.05) is 19.7 Å². The Balaban J connectivity index is 2.34. The Morgan fingerprint density at radius 3 is 2.88 bits per heavy atom. The fraction of sp³-hybridized carbons (Fsp3) is 0.273. The van der Waals surface area contributed by atoms with Crippen LogP contribution in [0.3, 0.4) is 0 Å². The van der Waals surface area contributed by atoms with Crippen molar-refractivity contribution in [2.75, 3.05) is 14.1 Å². The molecule has 0 radical (unpaired) electrons. The van der Waals surface area contributed by atoms with E-state index in [0.717, 1.165) is 5.56 Å². The first-order chi connectivity index (χ1) is 7.65. The average molecular weight is 236 g/mol. The van der Waals surface area contributed by atoms with E-state index in [0.29, 0.717) is 10.7 Å². The lowest BCUT2D eigenvalue weighted by atomic mass is 10.1. The van der Waals surface area contributed by atoms with Gasteiger partial charge in [-0.25, -0.2) is 4.79 Å². The molecule has 0 amide bonds. The van der Waals surface area contributed by atoms with Crippen molar-refractivity contribution in [2.24, 2.45) is 0 Å². The molecule has 0 bridgehead atoms. The van der Waals surface area contributed by atoms with Gasteiger partial charge in [0.2, 0.25) is 6.23 Å². The van der Waals surface area contributed by atoms with Crippen LogP contribution in [0.4, 0.5) is 0 Å². The molecule has 5 heteroatoms. The van der Waals surface area contributed by atoms with Crippen LogP contribution in [0, 0.1) is 0 Å². The quantitative estimate of drug-likeness (QED) is 0.588. The first-order valence-electron chi connectivity index (χ1n) is 4.89. The smallest absolute Gasteiger partial charge is 0.340 e. The summed E-state index contributed by atoms with van der Waals surface area (Å²) in [6, 6.07) is 7.33. The number of fused-ring (bicyclic) bond motifs is 1. The van der Waals surface area contributed by atoms with Crippen molar-refractivity contribution in [2.45, 2.75) is 6.23 Å². The molecule has 0 aliphatic carbocycles. The second kappa shape index (κ2) is 4.09. The van der Waals surface area contributed by atoms with Gasteiger partial charge in [-0.3, -0.25) is 0 Å².